The van der Waals surface area contributed by atoms with Gasteiger partial charge in [-0.05, 0) is 67.8 Å². The molecular formula is C26H34N2O4S. The van der Waals surface area contributed by atoms with E-state index in [1.165, 1.54) is 10.4 Å². The number of aryl methyl sites for hydroxylation is 1. The minimum absolute atomic E-state index is 0.0212. The molecule has 0 radical (unpaired) electrons. The monoisotopic (exact) mass is 470 g/mol. The Labute approximate surface area is 200 Å². The zero-order valence-electron chi connectivity index (χ0n) is 19.8. The summed E-state index contributed by atoms with van der Waals surface area (Å²) in [6.45, 7) is 7.53. The molecule has 4 rings (SSSR count). The Morgan fingerprint density at radius 1 is 1.12 bits per heavy atom. The average molecular weight is 471 g/mol. The summed E-state index contributed by atoms with van der Waals surface area (Å²) in [6.07, 6.45) is 4.92. The molecule has 2 heterocycles. The highest BCUT2D eigenvalue weighted by Crippen LogP contribution is 2.33. The summed E-state index contributed by atoms with van der Waals surface area (Å²) in [4.78, 5) is 31.8. The van der Waals surface area contributed by atoms with Crippen LogP contribution in [-0.4, -0.2) is 41.0 Å². The van der Waals surface area contributed by atoms with Gasteiger partial charge in [-0.3, -0.25) is 9.59 Å². The van der Waals surface area contributed by atoms with Gasteiger partial charge in [-0.25, -0.2) is 0 Å². The van der Waals surface area contributed by atoms with Crippen molar-refractivity contribution in [3.05, 3.63) is 45.6 Å². The molecule has 1 unspecified atom stereocenters. The van der Waals surface area contributed by atoms with Crippen molar-refractivity contribution in [3.63, 3.8) is 0 Å². The van der Waals surface area contributed by atoms with Crippen LogP contribution in [0.5, 0.6) is 11.5 Å². The molecule has 178 valence electrons. The fourth-order valence-corrected chi connectivity index (χ4v) is 5.48. The summed E-state index contributed by atoms with van der Waals surface area (Å²) in [7, 11) is 0. The maximum atomic E-state index is 13.6. The summed E-state index contributed by atoms with van der Waals surface area (Å²) in [5, 5.41) is 2.06. The lowest BCUT2D eigenvalue weighted by Crippen LogP contribution is -2.48. The maximum absolute atomic E-state index is 13.6. The Morgan fingerprint density at radius 2 is 1.88 bits per heavy atom. The second-order valence-corrected chi connectivity index (χ2v) is 10.2. The molecule has 33 heavy (non-hydrogen) atoms. The minimum atomic E-state index is -0.0212. The van der Waals surface area contributed by atoms with Crippen molar-refractivity contribution in [1.82, 2.24) is 9.80 Å². The molecule has 2 aliphatic rings. The molecule has 0 saturated heterocycles. The first-order valence-electron chi connectivity index (χ1n) is 12.0. The van der Waals surface area contributed by atoms with E-state index in [2.05, 4.69) is 25.3 Å². The lowest BCUT2D eigenvalue weighted by atomic mass is 10.0. The number of carbonyl (C=O) groups excluding carboxylic acids is 2. The van der Waals surface area contributed by atoms with Gasteiger partial charge >= 0.3 is 0 Å². The van der Waals surface area contributed by atoms with Gasteiger partial charge in [0.15, 0.2) is 11.5 Å². The van der Waals surface area contributed by atoms with Crippen molar-refractivity contribution >= 4 is 23.2 Å². The van der Waals surface area contributed by atoms with Crippen LogP contribution < -0.4 is 9.47 Å². The number of hydrogen-bond acceptors (Lipinski definition) is 5. The molecule has 1 saturated carbocycles. The van der Waals surface area contributed by atoms with E-state index in [9.17, 15) is 9.59 Å². The molecule has 2 amide bonds. The van der Waals surface area contributed by atoms with Crippen molar-refractivity contribution in [2.45, 2.75) is 72.0 Å². The number of carbonyl (C=O) groups is 2. The van der Waals surface area contributed by atoms with E-state index in [-0.39, 0.29) is 37.1 Å². The van der Waals surface area contributed by atoms with Crippen molar-refractivity contribution < 1.29 is 19.1 Å². The Bertz CT molecular complexity index is 982. The first kappa shape index (κ1) is 23.6. The summed E-state index contributed by atoms with van der Waals surface area (Å²) in [5.74, 6) is 1.63. The Balaban J connectivity index is 1.54. The molecule has 0 bridgehead atoms. The van der Waals surface area contributed by atoms with Crippen molar-refractivity contribution in [3.8, 4) is 11.5 Å². The zero-order chi connectivity index (χ0) is 23.4. The minimum Gasteiger partial charge on any atom is -0.454 e. The number of rotatable bonds is 9. The van der Waals surface area contributed by atoms with Crippen LogP contribution in [0, 0.1) is 12.8 Å². The highest BCUT2D eigenvalue weighted by Gasteiger charge is 2.32. The van der Waals surface area contributed by atoms with E-state index < -0.39 is 0 Å². The summed E-state index contributed by atoms with van der Waals surface area (Å²) in [6, 6.07) is 7.94. The number of ether oxygens (including phenoxy) is 2. The highest BCUT2D eigenvalue weighted by molar-refractivity contribution is 7.10. The molecule has 1 atom stereocenters. The van der Waals surface area contributed by atoms with Crippen molar-refractivity contribution in [2.24, 2.45) is 5.92 Å². The molecule has 1 aromatic carbocycles. The SMILES string of the molecule is CCC(C)N(CC(=O)N(Cc1ccc2c(c1)OCO2)Cc1sccc1C)C(=O)C1CCCC1. The third-order valence-electron chi connectivity index (χ3n) is 6.88. The standard InChI is InChI=1S/C26H34N2O4S/c1-4-19(3)28(26(30)21-7-5-6-8-21)16-25(29)27(15-24-18(2)11-12-33-24)14-20-9-10-22-23(13-20)32-17-31-22/h9-13,19,21H,4-8,14-17H2,1-3H3. The summed E-state index contributed by atoms with van der Waals surface area (Å²) < 4.78 is 11.0. The normalized spacial score (nSPS) is 16.1. The van der Waals surface area contributed by atoms with Crippen LogP contribution in [-0.2, 0) is 22.7 Å². The van der Waals surface area contributed by atoms with Gasteiger partial charge in [0.25, 0.3) is 0 Å². The first-order chi connectivity index (χ1) is 16.0. The second-order valence-electron chi connectivity index (χ2n) is 9.17. The molecule has 1 aromatic heterocycles. The van der Waals surface area contributed by atoms with Gasteiger partial charge in [-0.15, -0.1) is 11.3 Å². The van der Waals surface area contributed by atoms with Crippen LogP contribution in [0.2, 0.25) is 0 Å². The van der Waals surface area contributed by atoms with Gasteiger partial charge in [0.1, 0.15) is 6.54 Å². The Morgan fingerprint density at radius 3 is 2.58 bits per heavy atom. The number of amides is 2. The lowest BCUT2D eigenvalue weighted by Gasteiger charge is -2.33. The number of hydrogen-bond donors (Lipinski definition) is 0. The van der Waals surface area contributed by atoms with E-state index in [4.69, 9.17) is 9.47 Å². The third-order valence-corrected chi connectivity index (χ3v) is 7.89. The summed E-state index contributed by atoms with van der Waals surface area (Å²) >= 11 is 1.66. The van der Waals surface area contributed by atoms with Gasteiger partial charge in [-0.2, -0.15) is 0 Å². The first-order valence-corrected chi connectivity index (χ1v) is 12.8. The van der Waals surface area contributed by atoms with Gasteiger partial charge < -0.3 is 19.3 Å². The van der Waals surface area contributed by atoms with Crippen LogP contribution in [0.1, 0.15) is 62.0 Å². The molecule has 1 fully saturated rings. The summed E-state index contributed by atoms with van der Waals surface area (Å²) in [5.41, 5.74) is 2.17. The van der Waals surface area contributed by atoms with Gasteiger partial charge in [0.05, 0.1) is 6.54 Å². The number of nitrogens with zero attached hydrogens (tertiary/aromatic N) is 2. The van der Waals surface area contributed by atoms with Crippen molar-refractivity contribution in [1.29, 1.82) is 0 Å². The quantitative estimate of drug-likeness (QED) is 0.510. The molecule has 7 heteroatoms. The van der Waals surface area contributed by atoms with E-state index in [1.54, 1.807) is 11.3 Å². The van der Waals surface area contributed by atoms with Gasteiger partial charge in [0.2, 0.25) is 18.6 Å². The molecule has 2 aromatic rings. The maximum Gasteiger partial charge on any atom is 0.242 e. The second kappa shape index (κ2) is 10.6. The molecule has 6 nitrogen and oxygen atoms in total. The van der Waals surface area contributed by atoms with E-state index >= 15 is 0 Å². The van der Waals surface area contributed by atoms with Gasteiger partial charge in [0, 0.05) is 23.4 Å². The average Bonchev–Trinajstić information content (AvgIpc) is 3.58. The van der Waals surface area contributed by atoms with Crippen LogP contribution in [0.15, 0.2) is 29.6 Å². The molecular weight excluding hydrogens is 436 g/mol. The van der Waals surface area contributed by atoms with Crippen molar-refractivity contribution in [2.75, 3.05) is 13.3 Å². The van der Waals surface area contributed by atoms with Gasteiger partial charge in [-0.1, -0.05) is 25.8 Å². The third kappa shape index (κ3) is 5.52. The van der Waals surface area contributed by atoms with E-state index in [0.717, 1.165) is 43.4 Å². The number of thiophene rings is 1. The molecule has 0 N–H and O–H groups in total. The smallest absolute Gasteiger partial charge is 0.242 e. The topological polar surface area (TPSA) is 59.1 Å². The molecule has 1 aliphatic heterocycles. The number of benzene rings is 1. The van der Waals surface area contributed by atoms with Crippen LogP contribution in [0.4, 0.5) is 0 Å². The molecule has 1 aliphatic carbocycles. The fourth-order valence-electron chi connectivity index (χ4n) is 4.56. The van der Waals surface area contributed by atoms with E-state index in [0.29, 0.717) is 18.8 Å². The number of fused-ring (bicyclic) bond motifs is 1. The lowest BCUT2D eigenvalue weighted by molar-refractivity contribution is -0.145. The van der Waals surface area contributed by atoms with E-state index in [1.807, 2.05) is 34.9 Å². The van der Waals surface area contributed by atoms with Crippen LogP contribution in [0.25, 0.3) is 0 Å². The predicted octanol–water partition coefficient (Wildman–Crippen LogP) is 5.13. The fraction of sp³-hybridized carbons (Fsp3) is 0.538. The zero-order valence-corrected chi connectivity index (χ0v) is 20.7. The highest BCUT2D eigenvalue weighted by atomic mass is 32.1. The van der Waals surface area contributed by atoms with Crippen LogP contribution in [0.3, 0.4) is 0 Å². The largest absolute Gasteiger partial charge is 0.454 e. The molecule has 0 spiro atoms. The predicted molar refractivity (Wildman–Crippen MR) is 129 cm³/mol. The Kier molecular flexibility index (Phi) is 7.58. The van der Waals surface area contributed by atoms with Crippen LogP contribution >= 0.6 is 11.3 Å². The Hall–Kier alpha value is -2.54.